The maximum Gasteiger partial charge on any atom is 0.407 e. The third-order valence-corrected chi connectivity index (χ3v) is 14.0. The lowest BCUT2D eigenvalue weighted by molar-refractivity contribution is -0.144. The quantitative estimate of drug-likeness (QED) is 0.0418. The second-order valence-corrected chi connectivity index (χ2v) is 17.4. The number of hydrogen-bond acceptors (Lipinski definition) is 11. The summed E-state index contributed by atoms with van der Waals surface area (Å²) in [5.74, 6) is -0.0406. The van der Waals surface area contributed by atoms with Crippen molar-refractivity contribution in [1.29, 1.82) is 0 Å². The van der Waals surface area contributed by atoms with Crippen LogP contribution in [-0.2, 0) is 23.8 Å². The van der Waals surface area contributed by atoms with Gasteiger partial charge in [-0.25, -0.2) is 19.4 Å². The molecule has 0 bridgehead atoms. The fourth-order valence-corrected chi connectivity index (χ4v) is 10.7. The lowest BCUT2D eigenvalue weighted by Gasteiger charge is -2.33. The van der Waals surface area contributed by atoms with E-state index in [0.717, 1.165) is 43.6 Å². The molecule has 1 N–H and O–H groups in total. The maximum absolute atomic E-state index is 13.4. The standard InChI is InChI=1S/C42H40N2O6S4/c1-5-36(45)48-23-41(4,24-49-37(46)6-2)44-39(47)50-25-42(7-3,27-52-40-43-33-19-9-11-21-35(33)54-40)26-51-29-15-12-14-28(22-29)30-17-13-18-32-31-16-8-10-20-34(31)53-38(30)32/h5-6,8-22H,1-2,7,23-27H2,3-4H3,(H,44,47). The van der Waals surface area contributed by atoms with Gasteiger partial charge in [-0.2, -0.15) is 0 Å². The predicted molar refractivity (Wildman–Crippen MR) is 224 cm³/mol. The molecule has 6 aromatic rings. The van der Waals surface area contributed by atoms with Gasteiger partial charge in [-0.3, -0.25) is 0 Å². The molecule has 0 spiro atoms. The highest BCUT2D eigenvalue weighted by molar-refractivity contribution is 8.01. The summed E-state index contributed by atoms with van der Waals surface area (Å²) >= 11 is 6.85. The molecule has 12 heteroatoms. The number of aromatic nitrogens is 1. The molecule has 0 aliphatic rings. The third-order valence-electron chi connectivity index (χ3n) is 8.93. The Kier molecular flexibility index (Phi) is 12.8. The molecule has 2 heterocycles. The van der Waals surface area contributed by atoms with Crippen LogP contribution in [0.2, 0.25) is 0 Å². The number of carbonyl (C=O) groups is 3. The molecule has 4 aromatic carbocycles. The van der Waals surface area contributed by atoms with E-state index in [-0.39, 0.29) is 19.8 Å². The lowest BCUT2D eigenvalue weighted by Crippen LogP contribution is -2.54. The largest absolute Gasteiger partial charge is 0.460 e. The number of esters is 2. The third kappa shape index (κ3) is 9.54. The second-order valence-electron chi connectivity index (χ2n) is 13.1. The smallest absolute Gasteiger partial charge is 0.407 e. The molecule has 8 nitrogen and oxygen atoms in total. The van der Waals surface area contributed by atoms with Crippen LogP contribution in [0.15, 0.2) is 126 Å². The monoisotopic (exact) mass is 796 g/mol. The van der Waals surface area contributed by atoms with Crippen LogP contribution in [0.3, 0.4) is 0 Å². The van der Waals surface area contributed by atoms with Crippen LogP contribution < -0.4 is 5.32 Å². The van der Waals surface area contributed by atoms with Crippen LogP contribution >= 0.6 is 46.2 Å². The minimum Gasteiger partial charge on any atom is -0.460 e. The zero-order chi connectivity index (χ0) is 38.1. The van der Waals surface area contributed by atoms with E-state index < -0.39 is 29.0 Å². The first-order valence-corrected chi connectivity index (χ1v) is 20.9. The summed E-state index contributed by atoms with van der Waals surface area (Å²) in [6, 6.07) is 31.7. The van der Waals surface area contributed by atoms with Crippen molar-refractivity contribution >= 4 is 94.6 Å². The average Bonchev–Trinajstić information content (AvgIpc) is 3.80. The highest BCUT2D eigenvalue weighted by atomic mass is 32.2. The van der Waals surface area contributed by atoms with Crippen molar-refractivity contribution in [2.45, 2.75) is 35.0 Å². The minimum atomic E-state index is -1.27. The van der Waals surface area contributed by atoms with Gasteiger partial charge in [0.2, 0.25) is 0 Å². The topological polar surface area (TPSA) is 104 Å². The van der Waals surface area contributed by atoms with Crippen molar-refractivity contribution < 1.29 is 28.6 Å². The number of rotatable bonds is 17. The maximum atomic E-state index is 13.4. The van der Waals surface area contributed by atoms with E-state index in [9.17, 15) is 14.4 Å². The van der Waals surface area contributed by atoms with Crippen molar-refractivity contribution in [2.75, 3.05) is 31.3 Å². The van der Waals surface area contributed by atoms with Gasteiger partial charge in [-0.05, 0) is 54.8 Å². The molecular formula is C42H40N2O6S4. The van der Waals surface area contributed by atoms with Crippen molar-refractivity contribution in [3.63, 3.8) is 0 Å². The minimum absolute atomic E-state index is 0.107. The summed E-state index contributed by atoms with van der Waals surface area (Å²) in [5.41, 5.74) is 1.58. The molecular weight excluding hydrogens is 757 g/mol. The van der Waals surface area contributed by atoms with Crippen molar-refractivity contribution in [2.24, 2.45) is 5.41 Å². The van der Waals surface area contributed by atoms with Crippen LogP contribution in [0.25, 0.3) is 41.5 Å². The first kappa shape index (κ1) is 39.1. The number of carbonyl (C=O) groups excluding carboxylic acids is 3. The van der Waals surface area contributed by atoms with Gasteiger partial charge in [0.05, 0.1) is 10.2 Å². The Hall–Kier alpha value is -4.62. The van der Waals surface area contributed by atoms with Gasteiger partial charge < -0.3 is 19.5 Å². The molecule has 1 unspecified atom stereocenters. The molecule has 0 aliphatic carbocycles. The molecule has 0 radical (unpaired) electrons. The van der Waals surface area contributed by atoms with Crippen LogP contribution in [0.1, 0.15) is 20.3 Å². The molecule has 0 saturated heterocycles. The van der Waals surface area contributed by atoms with Crippen molar-refractivity contribution in [3.8, 4) is 11.1 Å². The molecule has 0 saturated carbocycles. The Balaban J connectivity index is 1.21. The zero-order valence-electron chi connectivity index (χ0n) is 30.0. The van der Waals surface area contributed by atoms with Gasteiger partial charge in [0, 0.05) is 54.1 Å². The van der Waals surface area contributed by atoms with Gasteiger partial charge in [-0.15, -0.1) is 34.4 Å². The number of thioether (sulfide) groups is 2. The van der Waals surface area contributed by atoms with Gasteiger partial charge in [-0.1, -0.05) is 92.5 Å². The van der Waals surface area contributed by atoms with Gasteiger partial charge in [0.25, 0.3) is 0 Å². The Labute approximate surface area is 331 Å². The van der Waals surface area contributed by atoms with Crippen LogP contribution in [-0.4, -0.2) is 59.9 Å². The summed E-state index contributed by atoms with van der Waals surface area (Å²) in [4.78, 5) is 43.1. The number of benzene rings is 4. The fourth-order valence-electron chi connectivity index (χ4n) is 5.72. The average molecular weight is 797 g/mol. The molecule has 2 aromatic heterocycles. The predicted octanol–water partition coefficient (Wildman–Crippen LogP) is 10.6. The number of ether oxygens (including phenoxy) is 3. The summed E-state index contributed by atoms with van der Waals surface area (Å²) < 4.78 is 21.0. The Morgan fingerprint density at radius 3 is 2.17 bits per heavy atom. The SMILES string of the molecule is C=CC(=O)OCC(C)(COC(=O)C=C)NC(=O)OCC(CC)(CSc1cccc(-c2cccc3c2sc2ccccc23)c1)CSc1nc2ccccc2s1. The van der Waals surface area contributed by atoms with E-state index in [1.807, 2.05) is 29.5 Å². The van der Waals surface area contributed by atoms with Gasteiger partial charge >= 0.3 is 18.0 Å². The molecule has 278 valence electrons. The molecule has 1 amide bonds. The molecule has 0 fully saturated rings. The first-order chi connectivity index (χ1) is 26.1. The van der Waals surface area contributed by atoms with E-state index in [1.54, 1.807) is 41.8 Å². The lowest BCUT2D eigenvalue weighted by atomic mass is 9.91. The van der Waals surface area contributed by atoms with E-state index in [0.29, 0.717) is 11.5 Å². The van der Waals surface area contributed by atoms with E-state index in [2.05, 4.69) is 98.2 Å². The summed E-state index contributed by atoms with van der Waals surface area (Å²) in [5, 5.41) is 5.28. The molecule has 54 heavy (non-hydrogen) atoms. The number of thiophene rings is 1. The molecule has 0 aliphatic heterocycles. The number of nitrogens with zero attached hydrogens (tertiary/aromatic N) is 1. The number of amides is 1. The summed E-state index contributed by atoms with van der Waals surface area (Å²) in [6.45, 7) is 10.1. The van der Waals surface area contributed by atoms with Gasteiger partial charge in [0.15, 0.2) is 4.34 Å². The number of thiazole rings is 1. The molecule has 6 rings (SSSR count). The summed E-state index contributed by atoms with van der Waals surface area (Å²) in [7, 11) is 0. The number of nitrogens with one attached hydrogen (secondary N) is 1. The van der Waals surface area contributed by atoms with E-state index >= 15 is 0 Å². The van der Waals surface area contributed by atoms with Gasteiger partial charge in [0.1, 0.15) is 25.4 Å². The molecule has 1 atom stereocenters. The normalized spacial score (nSPS) is 12.6. The second kappa shape index (κ2) is 17.7. The fraction of sp³-hybridized carbons (Fsp3) is 0.238. The van der Waals surface area contributed by atoms with E-state index in [1.165, 1.54) is 25.7 Å². The van der Waals surface area contributed by atoms with Crippen molar-refractivity contribution in [3.05, 3.63) is 116 Å². The zero-order valence-corrected chi connectivity index (χ0v) is 33.3. The van der Waals surface area contributed by atoms with Crippen LogP contribution in [0.4, 0.5) is 4.79 Å². The van der Waals surface area contributed by atoms with E-state index in [4.69, 9.17) is 19.2 Å². The van der Waals surface area contributed by atoms with Crippen LogP contribution in [0, 0.1) is 5.41 Å². The Morgan fingerprint density at radius 2 is 1.44 bits per heavy atom. The van der Waals surface area contributed by atoms with Crippen LogP contribution in [0.5, 0.6) is 0 Å². The summed E-state index contributed by atoms with van der Waals surface area (Å²) in [6.07, 6.45) is 2.03. The number of alkyl carbamates (subject to hydrolysis) is 1. The highest BCUT2D eigenvalue weighted by Crippen LogP contribution is 2.42. The highest BCUT2D eigenvalue weighted by Gasteiger charge is 2.35. The Bertz CT molecular complexity index is 2260. The first-order valence-electron chi connectivity index (χ1n) is 17.3. The number of fused-ring (bicyclic) bond motifs is 4. The number of hydrogen-bond donors (Lipinski definition) is 1. The Morgan fingerprint density at radius 1 is 0.778 bits per heavy atom. The van der Waals surface area contributed by atoms with Crippen molar-refractivity contribution in [1.82, 2.24) is 10.3 Å². The number of para-hydroxylation sites is 1.